The van der Waals surface area contributed by atoms with Crippen molar-refractivity contribution in [3.05, 3.63) is 23.8 Å². The van der Waals surface area contributed by atoms with Crippen LogP contribution >= 0.6 is 0 Å². The van der Waals surface area contributed by atoms with E-state index in [0.717, 1.165) is 25.2 Å². The maximum Gasteiger partial charge on any atom is 0.143 e. The number of benzene rings is 1. The van der Waals surface area contributed by atoms with Crippen LogP contribution in [0.15, 0.2) is 23.2 Å². The summed E-state index contributed by atoms with van der Waals surface area (Å²) in [6, 6.07) is 7.55. The minimum Gasteiger partial charge on any atom is -0.495 e. The molecule has 0 fully saturated rings. The number of hydrogen-bond donors (Lipinski definition) is 1. The maximum absolute atomic E-state index is 9.03. The average molecular weight is 215 g/mol. The van der Waals surface area contributed by atoms with E-state index in [-0.39, 0.29) is 0 Å². The van der Waals surface area contributed by atoms with Crippen molar-refractivity contribution in [3.8, 4) is 11.8 Å². The van der Waals surface area contributed by atoms with Gasteiger partial charge in [0.1, 0.15) is 23.3 Å². The van der Waals surface area contributed by atoms with Crippen molar-refractivity contribution in [2.75, 3.05) is 19.0 Å². The zero-order valence-corrected chi connectivity index (χ0v) is 9.16. The van der Waals surface area contributed by atoms with Gasteiger partial charge in [0, 0.05) is 13.0 Å². The summed E-state index contributed by atoms with van der Waals surface area (Å²) in [5.74, 6) is 1.61. The molecule has 1 aromatic carbocycles. The first kappa shape index (κ1) is 10.5. The lowest BCUT2D eigenvalue weighted by molar-refractivity contribution is 0.417. The second-order valence-corrected chi connectivity index (χ2v) is 3.55. The summed E-state index contributed by atoms with van der Waals surface area (Å²) in [5.41, 5.74) is 1.29. The lowest BCUT2D eigenvalue weighted by Gasteiger charge is -2.12. The molecule has 1 aliphatic rings. The van der Waals surface area contributed by atoms with Gasteiger partial charge in [-0.05, 0) is 18.6 Å². The molecule has 0 atom stereocenters. The van der Waals surface area contributed by atoms with E-state index in [4.69, 9.17) is 10.00 Å². The number of anilines is 1. The number of nitrogens with zero attached hydrogens (tertiary/aromatic N) is 2. The van der Waals surface area contributed by atoms with Gasteiger partial charge < -0.3 is 10.1 Å². The number of nitrogens with one attached hydrogen (secondary N) is 1. The number of hydrogen-bond acceptors (Lipinski definition) is 4. The monoisotopic (exact) mass is 215 g/mol. The molecule has 0 bridgehead atoms. The van der Waals surface area contributed by atoms with Crippen molar-refractivity contribution in [3.63, 3.8) is 0 Å². The van der Waals surface area contributed by atoms with E-state index in [0.29, 0.717) is 17.0 Å². The Hall–Kier alpha value is -2.02. The van der Waals surface area contributed by atoms with Crippen LogP contribution < -0.4 is 10.1 Å². The third-order valence-corrected chi connectivity index (χ3v) is 2.51. The first-order valence-corrected chi connectivity index (χ1v) is 5.22. The highest BCUT2D eigenvalue weighted by molar-refractivity contribution is 5.98. The van der Waals surface area contributed by atoms with Crippen molar-refractivity contribution in [2.45, 2.75) is 12.8 Å². The van der Waals surface area contributed by atoms with Crippen LogP contribution in [-0.2, 0) is 0 Å². The lowest BCUT2D eigenvalue weighted by atomic mass is 10.1. The van der Waals surface area contributed by atoms with Crippen molar-refractivity contribution in [2.24, 2.45) is 4.99 Å². The molecular formula is C12H13N3O. The Morgan fingerprint density at radius 2 is 2.38 bits per heavy atom. The number of nitriles is 1. The summed E-state index contributed by atoms with van der Waals surface area (Å²) < 4.78 is 5.23. The highest BCUT2D eigenvalue weighted by atomic mass is 16.5. The highest BCUT2D eigenvalue weighted by Gasteiger charge is 2.12. The molecule has 1 heterocycles. The van der Waals surface area contributed by atoms with E-state index in [2.05, 4.69) is 16.4 Å². The van der Waals surface area contributed by atoms with Crippen molar-refractivity contribution >= 4 is 11.5 Å². The molecule has 1 aromatic rings. The summed E-state index contributed by atoms with van der Waals surface area (Å²) in [4.78, 5) is 4.32. The van der Waals surface area contributed by atoms with Crippen LogP contribution in [0, 0.1) is 11.3 Å². The first-order chi connectivity index (χ1) is 7.85. The number of para-hydroxylation sites is 1. The van der Waals surface area contributed by atoms with E-state index in [1.165, 1.54) is 0 Å². The molecule has 82 valence electrons. The molecule has 0 unspecified atom stereocenters. The SMILES string of the molecule is COc1cccc(C#N)c1NC1=NCCC1. The second-order valence-electron chi connectivity index (χ2n) is 3.55. The third-order valence-electron chi connectivity index (χ3n) is 2.51. The Labute approximate surface area is 94.6 Å². The van der Waals surface area contributed by atoms with Gasteiger partial charge in [-0.1, -0.05) is 6.07 Å². The Kier molecular flexibility index (Phi) is 3.06. The number of aliphatic imine (C=N–C) groups is 1. The fraction of sp³-hybridized carbons (Fsp3) is 0.333. The standard InChI is InChI=1S/C12H13N3O/c1-16-10-5-2-4-9(8-13)12(10)15-11-6-3-7-14-11/h2,4-5H,3,6-7H2,1H3,(H,14,15). The van der Waals surface area contributed by atoms with E-state index in [1.54, 1.807) is 19.2 Å². The zero-order valence-electron chi connectivity index (χ0n) is 9.16. The summed E-state index contributed by atoms with van der Waals surface area (Å²) in [7, 11) is 1.60. The number of methoxy groups -OCH3 is 1. The largest absolute Gasteiger partial charge is 0.495 e. The maximum atomic E-state index is 9.03. The molecular weight excluding hydrogens is 202 g/mol. The van der Waals surface area contributed by atoms with Crippen molar-refractivity contribution in [1.82, 2.24) is 0 Å². The van der Waals surface area contributed by atoms with Gasteiger partial charge >= 0.3 is 0 Å². The van der Waals surface area contributed by atoms with Crippen LogP contribution in [0.5, 0.6) is 5.75 Å². The van der Waals surface area contributed by atoms with Gasteiger partial charge in [-0.25, -0.2) is 0 Å². The minimum absolute atomic E-state index is 0.578. The van der Waals surface area contributed by atoms with E-state index >= 15 is 0 Å². The highest BCUT2D eigenvalue weighted by Crippen LogP contribution is 2.28. The quantitative estimate of drug-likeness (QED) is 0.822. The van der Waals surface area contributed by atoms with Gasteiger partial charge in [-0.3, -0.25) is 4.99 Å². The topological polar surface area (TPSA) is 57.4 Å². The molecule has 4 nitrogen and oxygen atoms in total. The van der Waals surface area contributed by atoms with Crippen LogP contribution in [-0.4, -0.2) is 19.5 Å². The molecule has 0 saturated heterocycles. The van der Waals surface area contributed by atoms with Crippen molar-refractivity contribution in [1.29, 1.82) is 5.26 Å². The average Bonchev–Trinajstić information content (AvgIpc) is 2.82. The van der Waals surface area contributed by atoms with Crippen LogP contribution in [0.1, 0.15) is 18.4 Å². The van der Waals surface area contributed by atoms with Crippen molar-refractivity contribution < 1.29 is 4.74 Å². The Morgan fingerprint density at radius 1 is 1.50 bits per heavy atom. The van der Waals surface area contributed by atoms with Gasteiger partial charge in [0.25, 0.3) is 0 Å². The van der Waals surface area contributed by atoms with Gasteiger partial charge in [-0.15, -0.1) is 0 Å². The molecule has 0 saturated carbocycles. The van der Waals surface area contributed by atoms with Crippen LogP contribution in [0.4, 0.5) is 5.69 Å². The molecule has 2 rings (SSSR count). The Balaban J connectivity index is 2.33. The smallest absolute Gasteiger partial charge is 0.143 e. The van der Waals surface area contributed by atoms with Gasteiger partial charge in [0.2, 0.25) is 0 Å². The molecule has 0 spiro atoms. The third kappa shape index (κ3) is 1.98. The van der Waals surface area contributed by atoms with Gasteiger partial charge in [-0.2, -0.15) is 5.26 Å². The number of amidine groups is 1. The van der Waals surface area contributed by atoms with Crippen LogP contribution in [0.2, 0.25) is 0 Å². The summed E-state index contributed by atoms with van der Waals surface area (Å²) in [6.45, 7) is 0.860. The molecule has 1 N–H and O–H groups in total. The van der Waals surface area contributed by atoms with Crippen LogP contribution in [0.25, 0.3) is 0 Å². The molecule has 0 radical (unpaired) electrons. The van der Waals surface area contributed by atoms with Gasteiger partial charge in [0.15, 0.2) is 0 Å². The van der Waals surface area contributed by atoms with Gasteiger partial charge in [0.05, 0.1) is 12.7 Å². The second kappa shape index (κ2) is 4.67. The minimum atomic E-state index is 0.578. The fourth-order valence-electron chi connectivity index (χ4n) is 1.71. The van der Waals surface area contributed by atoms with E-state index in [1.807, 2.05) is 6.07 Å². The first-order valence-electron chi connectivity index (χ1n) is 5.22. The number of rotatable bonds is 2. The summed E-state index contributed by atoms with van der Waals surface area (Å²) in [5, 5.41) is 12.2. The predicted molar refractivity (Wildman–Crippen MR) is 62.9 cm³/mol. The predicted octanol–water partition coefficient (Wildman–Crippen LogP) is 2.17. The Bertz CT molecular complexity index is 460. The molecule has 0 aromatic heterocycles. The molecule has 0 amide bonds. The fourth-order valence-corrected chi connectivity index (χ4v) is 1.71. The zero-order chi connectivity index (χ0) is 11.4. The molecule has 16 heavy (non-hydrogen) atoms. The molecule has 0 aliphatic carbocycles. The molecule has 4 heteroatoms. The number of ether oxygens (including phenoxy) is 1. The Morgan fingerprint density at radius 3 is 3.00 bits per heavy atom. The normalized spacial score (nSPS) is 14.1. The van der Waals surface area contributed by atoms with E-state index in [9.17, 15) is 0 Å². The van der Waals surface area contributed by atoms with E-state index < -0.39 is 0 Å². The molecule has 1 aliphatic heterocycles. The lowest BCUT2D eigenvalue weighted by Crippen LogP contribution is -2.10. The summed E-state index contributed by atoms with van der Waals surface area (Å²) in [6.07, 6.45) is 2.00. The van der Waals surface area contributed by atoms with Crippen LogP contribution in [0.3, 0.4) is 0 Å². The summed E-state index contributed by atoms with van der Waals surface area (Å²) >= 11 is 0.